The minimum absolute atomic E-state index is 0.721. The molecule has 1 atom stereocenters. The lowest BCUT2D eigenvalue weighted by Gasteiger charge is -2.04. The largest absolute Gasteiger partial charge is 0.103 e. The highest BCUT2D eigenvalue weighted by molar-refractivity contribution is 4.90. The molecule has 64 valence electrons. The van der Waals surface area contributed by atoms with Gasteiger partial charge in [0.05, 0.1) is 0 Å². The Labute approximate surface area is 71.0 Å². The number of unbranched alkanes of at least 4 members (excludes halogenated alkanes) is 1. The van der Waals surface area contributed by atoms with Gasteiger partial charge in [0, 0.05) is 0 Å². The van der Waals surface area contributed by atoms with Crippen molar-refractivity contribution in [3.05, 3.63) is 24.8 Å². The Kier molecular flexibility index (Phi) is 7.23. The molecule has 0 saturated heterocycles. The van der Waals surface area contributed by atoms with Crippen molar-refractivity contribution >= 4 is 0 Å². The molecule has 0 aromatic rings. The van der Waals surface area contributed by atoms with Gasteiger partial charge >= 0.3 is 0 Å². The first-order valence-electron chi connectivity index (χ1n) is 4.62. The zero-order chi connectivity index (χ0) is 8.53. The van der Waals surface area contributed by atoms with E-state index in [-0.39, 0.29) is 0 Å². The fourth-order valence-corrected chi connectivity index (χ4v) is 1.05. The van der Waals surface area contributed by atoms with Gasteiger partial charge in [-0.15, -0.1) is 6.58 Å². The van der Waals surface area contributed by atoms with Gasteiger partial charge in [-0.3, -0.25) is 0 Å². The van der Waals surface area contributed by atoms with Crippen LogP contribution in [0.2, 0.25) is 0 Å². The van der Waals surface area contributed by atoms with Crippen molar-refractivity contribution in [3.8, 4) is 0 Å². The Morgan fingerprint density at radius 3 is 2.55 bits per heavy atom. The summed E-state index contributed by atoms with van der Waals surface area (Å²) in [7, 11) is 0. The summed E-state index contributed by atoms with van der Waals surface area (Å²) in [5.41, 5.74) is 0. The Hall–Kier alpha value is -0.520. The number of hydrogen-bond acceptors (Lipinski definition) is 0. The van der Waals surface area contributed by atoms with Crippen molar-refractivity contribution in [2.24, 2.45) is 5.92 Å². The summed E-state index contributed by atoms with van der Waals surface area (Å²) in [6, 6.07) is 0. The maximum atomic E-state index is 3.74. The molecule has 0 radical (unpaired) electrons. The SMILES string of the molecule is C=CCC(C=CCCC)CC. The highest BCUT2D eigenvalue weighted by atomic mass is 14.0. The molecule has 0 nitrogen and oxygen atoms in total. The molecule has 0 aromatic carbocycles. The van der Waals surface area contributed by atoms with Crippen LogP contribution in [-0.2, 0) is 0 Å². The van der Waals surface area contributed by atoms with Crippen LogP contribution in [0, 0.1) is 5.92 Å². The molecule has 0 heteroatoms. The summed E-state index contributed by atoms with van der Waals surface area (Å²) >= 11 is 0. The normalized spacial score (nSPS) is 13.6. The minimum Gasteiger partial charge on any atom is -0.103 e. The molecule has 0 N–H and O–H groups in total. The summed E-state index contributed by atoms with van der Waals surface area (Å²) in [6.45, 7) is 8.18. The minimum atomic E-state index is 0.721. The van der Waals surface area contributed by atoms with Crippen LogP contribution in [0.4, 0.5) is 0 Å². The van der Waals surface area contributed by atoms with Gasteiger partial charge in [0.15, 0.2) is 0 Å². The summed E-state index contributed by atoms with van der Waals surface area (Å²) in [5, 5.41) is 0. The number of allylic oxidation sites excluding steroid dienone is 3. The van der Waals surface area contributed by atoms with E-state index in [9.17, 15) is 0 Å². The molecule has 0 heterocycles. The first-order valence-corrected chi connectivity index (χ1v) is 4.62. The Bertz CT molecular complexity index is 111. The smallest absolute Gasteiger partial charge is 0.0202 e. The fourth-order valence-electron chi connectivity index (χ4n) is 1.05. The number of rotatable bonds is 6. The fraction of sp³-hybridized carbons (Fsp3) is 0.636. The van der Waals surface area contributed by atoms with E-state index in [1.165, 1.54) is 19.3 Å². The highest BCUT2D eigenvalue weighted by Gasteiger charge is 1.96. The molecule has 0 rings (SSSR count). The van der Waals surface area contributed by atoms with Gasteiger partial charge in [0.25, 0.3) is 0 Å². The van der Waals surface area contributed by atoms with Gasteiger partial charge in [-0.1, -0.05) is 38.5 Å². The number of hydrogen-bond donors (Lipinski definition) is 0. The van der Waals surface area contributed by atoms with Gasteiger partial charge in [-0.25, -0.2) is 0 Å². The predicted molar refractivity (Wildman–Crippen MR) is 52.6 cm³/mol. The average Bonchev–Trinajstić information content (AvgIpc) is 2.03. The quantitative estimate of drug-likeness (QED) is 0.506. The lowest BCUT2D eigenvalue weighted by Crippen LogP contribution is -1.90. The molecule has 0 aromatic heterocycles. The van der Waals surface area contributed by atoms with E-state index < -0.39 is 0 Å². The lowest BCUT2D eigenvalue weighted by atomic mass is 10.0. The van der Waals surface area contributed by atoms with E-state index in [4.69, 9.17) is 0 Å². The van der Waals surface area contributed by atoms with Gasteiger partial charge in [-0.05, 0) is 25.2 Å². The van der Waals surface area contributed by atoms with Crippen LogP contribution in [0.5, 0.6) is 0 Å². The van der Waals surface area contributed by atoms with Crippen molar-refractivity contribution in [1.82, 2.24) is 0 Å². The van der Waals surface area contributed by atoms with E-state index in [1.54, 1.807) is 0 Å². The molecule has 0 spiro atoms. The van der Waals surface area contributed by atoms with Crippen LogP contribution in [0.15, 0.2) is 24.8 Å². The molecule has 0 aliphatic carbocycles. The van der Waals surface area contributed by atoms with Crippen LogP contribution in [-0.4, -0.2) is 0 Å². The van der Waals surface area contributed by atoms with Gasteiger partial charge in [0.1, 0.15) is 0 Å². The topological polar surface area (TPSA) is 0 Å². The molecule has 0 fully saturated rings. The van der Waals surface area contributed by atoms with Crippen molar-refractivity contribution in [2.45, 2.75) is 39.5 Å². The Morgan fingerprint density at radius 2 is 2.09 bits per heavy atom. The van der Waals surface area contributed by atoms with Crippen molar-refractivity contribution in [3.63, 3.8) is 0 Å². The molecule has 0 aliphatic rings. The standard InChI is InChI=1S/C11H20/c1-4-7-8-10-11(6-3)9-5-2/h5,8,10-11H,2,4,6-7,9H2,1,3H3. The molecule has 0 amide bonds. The summed E-state index contributed by atoms with van der Waals surface area (Å²) in [6.07, 6.45) is 11.4. The van der Waals surface area contributed by atoms with Crippen LogP contribution in [0.1, 0.15) is 39.5 Å². The van der Waals surface area contributed by atoms with Gasteiger partial charge < -0.3 is 0 Å². The molecular formula is C11H20. The Balaban J connectivity index is 3.57. The zero-order valence-electron chi connectivity index (χ0n) is 7.84. The second-order valence-corrected chi connectivity index (χ2v) is 2.91. The molecular weight excluding hydrogens is 132 g/mol. The Morgan fingerprint density at radius 1 is 1.36 bits per heavy atom. The molecule has 0 aliphatic heterocycles. The molecule has 11 heavy (non-hydrogen) atoms. The van der Waals surface area contributed by atoms with Gasteiger partial charge in [-0.2, -0.15) is 0 Å². The van der Waals surface area contributed by atoms with Gasteiger partial charge in [0.2, 0.25) is 0 Å². The van der Waals surface area contributed by atoms with Crippen molar-refractivity contribution < 1.29 is 0 Å². The summed E-state index contributed by atoms with van der Waals surface area (Å²) < 4.78 is 0. The monoisotopic (exact) mass is 152 g/mol. The van der Waals surface area contributed by atoms with E-state index in [0.717, 1.165) is 12.3 Å². The summed E-state index contributed by atoms with van der Waals surface area (Å²) in [5.74, 6) is 0.721. The highest BCUT2D eigenvalue weighted by Crippen LogP contribution is 2.10. The lowest BCUT2D eigenvalue weighted by molar-refractivity contribution is 0.636. The molecule has 0 bridgehead atoms. The molecule has 1 unspecified atom stereocenters. The van der Waals surface area contributed by atoms with Crippen LogP contribution in [0.3, 0.4) is 0 Å². The van der Waals surface area contributed by atoms with E-state index in [1.807, 2.05) is 6.08 Å². The first-order chi connectivity index (χ1) is 5.35. The van der Waals surface area contributed by atoms with Crippen LogP contribution < -0.4 is 0 Å². The van der Waals surface area contributed by atoms with Crippen LogP contribution in [0.25, 0.3) is 0 Å². The maximum Gasteiger partial charge on any atom is -0.0202 e. The summed E-state index contributed by atoms with van der Waals surface area (Å²) in [4.78, 5) is 0. The molecule has 0 saturated carbocycles. The van der Waals surface area contributed by atoms with Crippen LogP contribution >= 0.6 is 0 Å². The third kappa shape index (κ3) is 5.90. The van der Waals surface area contributed by atoms with E-state index >= 15 is 0 Å². The second-order valence-electron chi connectivity index (χ2n) is 2.91. The van der Waals surface area contributed by atoms with Crippen molar-refractivity contribution in [1.29, 1.82) is 0 Å². The average molecular weight is 152 g/mol. The van der Waals surface area contributed by atoms with E-state index in [0.29, 0.717) is 0 Å². The third-order valence-electron chi connectivity index (χ3n) is 1.86. The zero-order valence-corrected chi connectivity index (χ0v) is 7.84. The predicted octanol–water partition coefficient (Wildman–Crippen LogP) is 3.95. The van der Waals surface area contributed by atoms with Crippen molar-refractivity contribution in [2.75, 3.05) is 0 Å². The van der Waals surface area contributed by atoms with E-state index in [2.05, 4.69) is 32.6 Å². The first kappa shape index (κ1) is 10.5. The maximum absolute atomic E-state index is 3.74. The third-order valence-corrected chi connectivity index (χ3v) is 1.86. The second kappa shape index (κ2) is 7.59.